The van der Waals surface area contributed by atoms with E-state index in [9.17, 15) is 26.0 Å². The molecule has 2 aromatic carbocycles. The van der Waals surface area contributed by atoms with Crippen molar-refractivity contribution in [2.45, 2.75) is 17.6 Å². The SMILES string of the molecule is O=S(=O)(c1cccnc1Cl)N(Cc1ccc(F)c(C(F)(F)F)c1)c1cc2ccccc2s1. The van der Waals surface area contributed by atoms with Crippen molar-refractivity contribution in [2.75, 3.05) is 4.31 Å². The molecule has 4 rings (SSSR count). The van der Waals surface area contributed by atoms with Crippen LogP contribution in [0.2, 0.25) is 5.15 Å². The summed E-state index contributed by atoms with van der Waals surface area (Å²) in [5.41, 5.74) is -1.51. The van der Waals surface area contributed by atoms with Gasteiger partial charge in [-0.2, -0.15) is 13.2 Å². The Kier molecular flexibility index (Phi) is 5.87. The third-order valence-corrected chi connectivity index (χ3v) is 8.07. The molecular formula is C21H13ClF4N2O2S2. The molecule has 0 unspecified atom stereocenters. The van der Waals surface area contributed by atoms with E-state index >= 15 is 0 Å². The van der Waals surface area contributed by atoms with Crippen molar-refractivity contribution in [3.8, 4) is 0 Å². The van der Waals surface area contributed by atoms with E-state index < -0.39 is 34.1 Å². The molecule has 0 saturated heterocycles. The molecule has 2 heterocycles. The lowest BCUT2D eigenvalue weighted by atomic mass is 10.1. The standard InChI is InChI=1S/C21H13ClF4N2O2S2/c22-20-18(6-3-9-27-20)32(29,30)28(19-11-14-4-1-2-5-17(14)31-19)12-13-7-8-16(23)15(10-13)21(24,25)26/h1-11H,12H2. The summed E-state index contributed by atoms with van der Waals surface area (Å²) in [6.45, 7) is -0.469. The summed E-state index contributed by atoms with van der Waals surface area (Å²) in [4.78, 5) is 3.50. The normalized spacial score (nSPS) is 12.3. The molecule has 0 atom stereocenters. The number of hydrogen-bond donors (Lipinski definition) is 0. The largest absolute Gasteiger partial charge is 0.419 e. The number of pyridine rings is 1. The molecule has 4 aromatic rings. The number of thiophene rings is 1. The summed E-state index contributed by atoms with van der Waals surface area (Å²) in [6, 6.07) is 13.8. The highest BCUT2D eigenvalue weighted by Crippen LogP contribution is 2.38. The first kappa shape index (κ1) is 22.5. The lowest BCUT2D eigenvalue weighted by Gasteiger charge is -2.23. The van der Waals surface area contributed by atoms with Crippen LogP contribution in [0.25, 0.3) is 10.1 Å². The number of rotatable bonds is 5. The van der Waals surface area contributed by atoms with E-state index in [1.165, 1.54) is 18.3 Å². The zero-order valence-corrected chi connectivity index (χ0v) is 18.4. The third kappa shape index (κ3) is 4.30. The number of benzene rings is 2. The highest BCUT2D eigenvalue weighted by atomic mass is 35.5. The number of hydrogen-bond acceptors (Lipinski definition) is 4. The number of halogens is 5. The van der Waals surface area contributed by atoms with Crippen LogP contribution < -0.4 is 4.31 Å². The Morgan fingerprint density at radius 2 is 1.78 bits per heavy atom. The predicted molar refractivity (Wildman–Crippen MR) is 116 cm³/mol. The fourth-order valence-electron chi connectivity index (χ4n) is 3.11. The zero-order chi connectivity index (χ0) is 23.1. The lowest BCUT2D eigenvalue weighted by Crippen LogP contribution is -2.30. The molecule has 166 valence electrons. The van der Waals surface area contributed by atoms with Crippen LogP contribution in [0, 0.1) is 5.82 Å². The maximum absolute atomic E-state index is 13.7. The second-order valence-electron chi connectivity index (χ2n) is 6.74. The number of nitrogens with zero attached hydrogens (tertiary/aromatic N) is 2. The van der Waals surface area contributed by atoms with Gasteiger partial charge in [0.2, 0.25) is 0 Å². The number of aromatic nitrogens is 1. The molecule has 4 nitrogen and oxygen atoms in total. The van der Waals surface area contributed by atoms with Gasteiger partial charge in [-0.05, 0) is 47.3 Å². The minimum absolute atomic E-state index is 0.0419. The highest BCUT2D eigenvalue weighted by molar-refractivity contribution is 7.93. The van der Waals surface area contributed by atoms with Gasteiger partial charge >= 0.3 is 6.18 Å². The molecule has 0 aliphatic carbocycles. The first-order chi connectivity index (χ1) is 15.1. The van der Waals surface area contributed by atoms with Gasteiger partial charge in [0.15, 0.2) is 0 Å². The summed E-state index contributed by atoms with van der Waals surface area (Å²) >= 11 is 7.17. The molecule has 11 heteroatoms. The van der Waals surface area contributed by atoms with Crippen molar-refractivity contribution in [1.29, 1.82) is 0 Å². The summed E-state index contributed by atoms with van der Waals surface area (Å²) in [7, 11) is -4.31. The third-order valence-electron chi connectivity index (χ3n) is 4.61. The molecule has 0 radical (unpaired) electrons. The van der Waals surface area contributed by atoms with E-state index in [-0.39, 0.29) is 20.6 Å². The van der Waals surface area contributed by atoms with E-state index in [1.54, 1.807) is 30.3 Å². The summed E-state index contributed by atoms with van der Waals surface area (Å²) in [5.74, 6) is -1.44. The van der Waals surface area contributed by atoms with Crippen LogP contribution in [0.4, 0.5) is 22.6 Å². The number of sulfonamides is 1. The molecule has 0 aliphatic rings. The first-order valence-electron chi connectivity index (χ1n) is 9.05. The van der Waals surface area contributed by atoms with Crippen LogP contribution in [0.1, 0.15) is 11.1 Å². The van der Waals surface area contributed by atoms with Gasteiger partial charge in [0.1, 0.15) is 20.9 Å². The van der Waals surface area contributed by atoms with Gasteiger partial charge in [-0.25, -0.2) is 17.8 Å². The second-order valence-corrected chi connectivity index (χ2v) is 9.99. The number of anilines is 1. The van der Waals surface area contributed by atoms with Gasteiger partial charge in [-0.15, -0.1) is 11.3 Å². The van der Waals surface area contributed by atoms with E-state index in [4.69, 9.17) is 11.6 Å². The van der Waals surface area contributed by atoms with E-state index in [1.807, 2.05) is 0 Å². The van der Waals surface area contributed by atoms with Gasteiger partial charge in [0.25, 0.3) is 10.0 Å². The number of fused-ring (bicyclic) bond motifs is 1. The van der Waals surface area contributed by atoms with Crippen molar-refractivity contribution >= 4 is 48.0 Å². The maximum atomic E-state index is 13.7. The quantitative estimate of drug-likeness (QED) is 0.232. The van der Waals surface area contributed by atoms with Crippen LogP contribution in [0.5, 0.6) is 0 Å². The van der Waals surface area contributed by atoms with Crippen LogP contribution in [0.3, 0.4) is 0 Å². The molecule has 32 heavy (non-hydrogen) atoms. The zero-order valence-electron chi connectivity index (χ0n) is 16.0. The first-order valence-corrected chi connectivity index (χ1v) is 11.7. The van der Waals surface area contributed by atoms with Crippen LogP contribution in [-0.4, -0.2) is 13.4 Å². The minimum Gasteiger partial charge on any atom is -0.253 e. The number of alkyl halides is 3. The van der Waals surface area contributed by atoms with E-state index in [0.29, 0.717) is 12.1 Å². The predicted octanol–water partition coefficient (Wildman–Crippen LogP) is 6.50. The summed E-state index contributed by atoms with van der Waals surface area (Å²) < 4.78 is 82.0. The Hall–Kier alpha value is -2.69. The molecule has 0 fully saturated rings. The van der Waals surface area contributed by atoms with Crippen molar-refractivity contribution in [3.05, 3.63) is 89.0 Å². The molecule has 0 bridgehead atoms. The van der Waals surface area contributed by atoms with Crippen molar-refractivity contribution in [1.82, 2.24) is 4.98 Å². The molecule has 0 aliphatic heterocycles. The van der Waals surface area contributed by atoms with Crippen LogP contribution in [-0.2, 0) is 22.7 Å². The van der Waals surface area contributed by atoms with Gasteiger partial charge in [0, 0.05) is 10.9 Å². The Balaban J connectivity index is 1.86. The van der Waals surface area contributed by atoms with Gasteiger partial charge in [-0.3, -0.25) is 4.31 Å². The fraction of sp³-hybridized carbons (Fsp3) is 0.0952. The Morgan fingerprint density at radius 1 is 1.03 bits per heavy atom. The van der Waals surface area contributed by atoms with Crippen LogP contribution in [0.15, 0.2) is 71.8 Å². The van der Waals surface area contributed by atoms with Gasteiger partial charge < -0.3 is 0 Å². The van der Waals surface area contributed by atoms with Gasteiger partial charge in [0.05, 0.1) is 12.1 Å². The smallest absolute Gasteiger partial charge is 0.253 e. The Bertz CT molecular complexity index is 1370. The average Bonchev–Trinajstić information content (AvgIpc) is 3.16. The monoisotopic (exact) mass is 500 g/mol. The topological polar surface area (TPSA) is 50.3 Å². The molecular weight excluding hydrogens is 488 g/mol. The fourth-order valence-corrected chi connectivity index (χ4v) is 6.26. The molecule has 0 amide bonds. The van der Waals surface area contributed by atoms with Crippen molar-refractivity contribution in [2.24, 2.45) is 0 Å². The van der Waals surface area contributed by atoms with E-state index in [0.717, 1.165) is 31.8 Å². The maximum Gasteiger partial charge on any atom is 0.419 e. The minimum atomic E-state index is -4.92. The average molecular weight is 501 g/mol. The Labute approximate surface area is 189 Å². The summed E-state index contributed by atoms with van der Waals surface area (Å²) in [6.07, 6.45) is -3.60. The lowest BCUT2D eigenvalue weighted by molar-refractivity contribution is -0.140. The van der Waals surface area contributed by atoms with Crippen molar-refractivity contribution in [3.63, 3.8) is 0 Å². The molecule has 0 saturated carbocycles. The van der Waals surface area contributed by atoms with Crippen molar-refractivity contribution < 1.29 is 26.0 Å². The Morgan fingerprint density at radius 3 is 2.47 bits per heavy atom. The highest BCUT2D eigenvalue weighted by Gasteiger charge is 2.35. The van der Waals surface area contributed by atoms with Crippen LogP contribution >= 0.6 is 22.9 Å². The molecule has 0 N–H and O–H groups in total. The molecule has 2 aromatic heterocycles. The molecule has 0 spiro atoms. The summed E-state index contributed by atoms with van der Waals surface area (Å²) in [5, 5.41) is 0.762. The van der Waals surface area contributed by atoms with Gasteiger partial charge in [-0.1, -0.05) is 35.9 Å². The van der Waals surface area contributed by atoms with E-state index in [2.05, 4.69) is 4.98 Å². The second kappa shape index (κ2) is 8.34.